The van der Waals surface area contributed by atoms with Crippen LogP contribution in [0.5, 0.6) is 0 Å². The fourth-order valence-corrected chi connectivity index (χ4v) is 2.13. The van der Waals surface area contributed by atoms with E-state index >= 15 is 0 Å². The van der Waals surface area contributed by atoms with Crippen molar-refractivity contribution in [1.82, 2.24) is 0 Å². The molecule has 0 aromatic heterocycles. The standard InChI is InChI=1S/C10H7ClO2S/c11-10-6-8(14(12)13)5-7-3-1-2-4-9(7)10/h1-6H,(H,12,13)/p-1. The van der Waals surface area contributed by atoms with Crippen molar-refractivity contribution in [2.24, 2.45) is 0 Å². The highest BCUT2D eigenvalue weighted by molar-refractivity contribution is 7.79. The number of fused-ring (bicyclic) bond motifs is 1. The molecule has 1 unspecified atom stereocenters. The maximum atomic E-state index is 10.7. The number of hydrogen-bond acceptors (Lipinski definition) is 2. The summed E-state index contributed by atoms with van der Waals surface area (Å²) in [6.45, 7) is 0. The lowest BCUT2D eigenvalue weighted by Crippen LogP contribution is -1.88. The summed E-state index contributed by atoms with van der Waals surface area (Å²) in [5, 5.41) is 2.16. The third-order valence-electron chi connectivity index (χ3n) is 1.98. The molecule has 2 nitrogen and oxygen atoms in total. The van der Waals surface area contributed by atoms with Crippen LogP contribution in [0, 0.1) is 0 Å². The van der Waals surface area contributed by atoms with Gasteiger partial charge in [-0.3, -0.25) is 4.21 Å². The van der Waals surface area contributed by atoms with E-state index in [9.17, 15) is 8.76 Å². The first-order valence-electron chi connectivity index (χ1n) is 3.96. The largest absolute Gasteiger partial charge is 0.768 e. The van der Waals surface area contributed by atoms with Gasteiger partial charge in [0.25, 0.3) is 0 Å². The van der Waals surface area contributed by atoms with Crippen LogP contribution in [0.25, 0.3) is 10.8 Å². The van der Waals surface area contributed by atoms with Gasteiger partial charge in [0.15, 0.2) is 0 Å². The van der Waals surface area contributed by atoms with E-state index < -0.39 is 11.1 Å². The van der Waals surface area contributed by atoms with Crippen molar-refractivity contribution in [3.05, 3.63) is 41.4 Å². The Morgan fingerprint density at radius 1 is 1.21 bits per heavy atom. The van der Waals surface area contributed by atoms with E-state index in [1.165, 1.54) is 6.07 Å². The number of benzene rings is 2. The fraction of sp³-hybridized carbons (Fsp3) is 0. The Hall–Kier alpha value is -0.900. The molecular weight excluding hydrogens is 220 g/mol. The van der Waals surface area contributed by atoms with Crippen molar-refractivity contribution in [2.75, 3.05) is 0 Å². The van der Waals surface area contributed by atoms with Crippen LogP contribution in [0.1, 0.15) is 0 Å². The zero-order valence-corrected chi connectivity index (χ0v) is 8.64. The van der Waals surface area contributed by atoms with Crippen LogP contribution >= 0.6 is 11.6 Å². The molecule has 2 aromatic rings. The summed E-state index contributed by atoms with van der Waals surface area (Å²) in [5.74, 6) is 0. The van der Waals surface area contributed by atoms with Crippen molar-refractivity contribution >= 4 is 33.5 Å². The van der Waals surface area contributed by atoms with Crippen molar-refractivity contribution in [3.8, 4) is 0 Å². The van der Waals surface area contributed by atoms with Gasteiger partial charge in [-0.15, -0.1) is 0 Å². The Kier molecular flexibility index (Phi) is 2.54. The molecule has 0 saturated heterocycles. The molecular formula is C10H6ClO2S-. The molecule has 72 valence electrons. The number of hydrogen-bond donors (Lipinski definition) is 0. The van der Waals surface area contributed by atoms with E-state index in [1.807, 2.05) is 24.3 Å². The van der Waals surface area contributed by atoms with Gasteiger partial charge >= 0.3 is 0 Å². The summed E-state index contributed by atoms with van der Waals surface area (Å²) in [6, 6.07) is 10.4. The molecule has 2 rings (SSSR count). The van der Waals surface area contributed by atoms with Gasteiger partial charge in [-0.2, -0.15) is 0 Å². The zero-order valence-electron chi connectivity index (χ0n) is 7.07. The predicted molar refractivity (Wildman–Crippen MR) is 56.1 cm³/mol. The Morgan fingerprint density at radius 3 is 2.64 bits per heavy atom. The van der Waals surface area contributed by atoms with Crippen LogP contribution in [0.15, 0.2) is 41.3 Å². The van der Waals surface area contributed by atoms with Crippen molar-refractivity contribution < 1.29 is 8.76 Å². The minimum Gasteiger partial charge on any atom is -0.768 e. The van der Waals surface area contributed by atoms with E-state index in [2.05, 4.69) is 0 Å². The molecule has 4 heteroatoms. The van der Waals surface area contributed by atoms with Gasteiger partial charge < -0.3 is 4.55 Å². The molecule has 0 saturated carbocycles. The van der Waals surface area contributed by atoms with E-state index in [-0.39, 0.29) is 4.90 Å². The highest BCUT2D eigenvalue weighted by atomic mass is 35.5. The molecule has 0 aliphatic carbocycles. The van der Waals surface area contributed by atoms with Crippen molar-refractivity contribution in [3.63, 3.8) is 0 Å². The summed E-state index contributed by atoms with van der Waals surface area (Å²) < 4.78 is 21.5. The van der Waals surface area contributed by atoms with Crippen LogP contribution in [-0.4, -0.2) is 8.76 Å². The van der Waals surface area contributed by atoms with Crippen LogP contribution in [0.4, 0.5) is 0 Å². The number of halogens is 1. The first-order chi connectivity index (χ1) is 6.68. The average molecular weight is 226 g/mol. The normalized spacial score (nSPS) is 13.0. The van der Waals surface area contributed by atoms with Gasteiger partial charge in [0, 0.05) is 15.3 Å². The highest BCUT2D eigenvalue weighted by Crippen LogP contribution is 2.26. The first kappa shape index (κ1) is 9.65. The van der Waals surface area contributed by atoms with Gasteiger partial charge in [0.2, 0.25) is 0 Å². The third kappa shape index (κ3) is 1.66. The smallest absolute Gasteiger partial charge is 0.0496 e. The van der Waals surface area contributed by atoms with E-state index in [1.54, 1.807) is 6.07 Å². The molecule has 0 N–H and O–H groups in total. The predicted octanol–water partition coefficient (Wildman–Crippen LogP) is 2.73. The van der Waals surface area contributed by atoms with E-state index in [0.717, 1.165) is 10.8 Å². The molecule has 0 amide bonds. The minimum atomic E-state index is -2.23. The minimum absolute atomic E-state index is 0.216. The highest BCUT2D eigenvalue weighted by Gasteiger charge is 2.01. The second-order valence-corrected chi connectivity index (χ2v) is 4.21. The topological polar surface area (TPSA) is 40.1 Å². The van der Waals surface area contributed by atoms with E-state index in [0.29, 0.717) is 5.02 Å². The monoisotopic (exact) mass is 225 g/mol. The molecule has 0 fully saturated rings. The molecule has 14 heavy (non-hydrogen) atoms. The van der Waals surface area contributed by atoms with Crippen molar-refractivity contribution in [2.45, 2.75) is 4.90 Å². The molecule has 0 heterocycles. The Morgan fingerprint density at radius 2 is 1.93 bits per heavy atom. The van der Waals surface area contributed by atoms with Gasteiger partial charge in [-0.25, -0.2) is 0 Å². The SMILES string of the molecule is O=S([O-])c1cc(Cl)c2ccccc2c1. The fourth-order valence-electron chi connectivity index (χ4n) is 1.33. The van der Waals surface area contributed by atoms with Gasteiger partial charge in [0.1, 0.15) is 0 Å². The summed E-state index contributed by atoms with van der Waals surface area (Å²) in [6.07, 6.45) is 0. The maximum Gasteiger partial charge on any atom is 0.0496 e. The van der Waals surface area contributed by atoms with E-state index in [4.69, 9.17) is 11.6 Å². The molecule has 0 radical (unpaired) electrons. The molecule has 1 atom stereocenters. The van der Waals surface area contributed by atoms with Crippen LogP contribution in [-0.2, 0) is 11.1 Å². The lowest BCUT2D eigenvalue weighted by atomic mass is 10.1. The maximum absolute atomic E-state index is 10.7. The van der Waals surface area contributed by atoms with Crippen molar-refractivity contribution in [1.29, 1.82) is 0 Å². The molecule has 0 aliphatic rings. The zero-order chi connectivity index (χ0) is 10.1. The summed E-state index contributed by atoms with van der Waals surface area (Å²) in [5.41, 5.74) is 0. The Labute approximate surface area is 88.8 Å². The van der Waals surface area contributed by atoms with Crippen LogP contribution < -0.4 is 0 Å². The Bertz CT molecular complexity index is 510. The number of rotatable bonds is 1. The van der Waals surface area contributed by atoms with Crippen LogP contribution in [0.2, 0.25) is 5.02 Å². The lowest BCUT2D eigenvalue weighted by molar-refractivity contribution is 0.537. The lowest BCUT2D eigenvalue weighted by Gasteiger charge is -2.07. The molecule has 0 aliphatic heterocycles. The second-order valence-electron chi connectivity index (χ2n) is 2.86. The van der Waals surface area contributed by atoms with Gasteiger partial charge in [-0.05, 0) is 28.6 Å². The third-order valence-corrected chi connectivity index (χ3v) is 2.91. The molecule has 2 aromatic carbocycles. The van der Waals surface area contributed by atoms with Crippen LogP contribution in [0.3, 0.4) is 0 Å². The second kappa shape index (κ2) is 3.69. The Balaban J connectivity index is 2.78. The van der Waals surface area contributed by atoms with Gasteiger partial charge in [-0.1, -0.05) is 35.9 Å². The molecule has 0 spiro atoms. The first-order valence-corrected chi connectivity index (χ1v) is 5.41. The summed E-state index contributed by atoms with van der Waals surface area (Å²) in [4.78, 5) is 0.216. The summed E-state index contributed by atoms with van der Waals surface area (Å²) >= 11 is 3.70. The summed E-state index contributed by atoms with van der Waals surface area (Å²) in [7, 11) is 0. The van der Waals surface area contributed by atoms with Gasteiger partial charge in [0.05, 0.1) is 0 Å². The quantitative estimate of drug-likeness (QED) is 0.701. The average Bonchev–Trinajstić information content (AvgIpc) is 2.17. The molecule has 0 bridgehead atoms.